The fourth-order valence-corrected chi connectivity index (χ4v) is 3.20. The van der Waals surface area contributed by atoms with E-state index in [0.29, 0.717) is 12.1 Å². The molecule has 4 heteroatoms. The molecule has 0 aromatic carbocycles. The van der Waals surface area contributed by atoms with Crippen molar-refractivity contribution in [3.63, 3.8) is 0 Å². The van der Waals surface area contributed by atoms with Gasteiger partial charge >= 0.3 is 0 Å². The van der Waals surface area contributed by atoms with Gasteiger partial charge < -0.3 is 10.2 Å². The van der Waals surface area contributed by atoms with Crippen LogP contribution in [-0.2, 0) is 0 Å². The Bertz CT molecular complexity index is 350. The van der Waals surface area contributed by atoms with Gasteiger partial charge in [-0.3, -0.25) is 0 Å². The number of likely N-dealkylation sites (N-methyl/N-ethyl adjacent to an activating group) is 1. The number of hydrogen-bond acceptors (Lipinski definition) is 4. The van der Waals surface area contributed by atoms with Gasteiger partial charge in [0.15, 0.2) is 0 Å². The van der Waals surface area contributed by atoms with Crippen molar-refractivity contribution >= 4 is 11.3 Å². The molecule has 1 fully saturated rings. The van der Waals surface area contributed by atoms with E-state index in [4.69, 9.17) is 0 Å². The summed E-state index contributed by atoms with van der Waals surface area (Å²) in [6, 6.07) is 1.00. The van der Waals surface area contributed by atoms with Crippen LogP contribution in [0.2, 0.25) is 0 Å². The Kier molecular flexibility index (Phi) is 4.54. The van der Waals surface area contributed by atoms with E-state index in [2.05, 4.69) is 41.4 Å². The van der Waals surface area contributed by atoms with Gasteiger partial charge in [-0.2, -0.15) is 0 Å². The summed E-state index contributed by atoms with van der Waals surface area (Å²) in [4.78, 5) is 7.09. The molecule has 0 aliphatic carbocycles. The lowest BCUT2D eigenvalue weighted by atomic mass is 10.0. The summed E-state index contributed by atoms with van der Waals surface area (Å²) >= 11 is 1.74. The Balaban J connectivity index is 1.87. The van der Waals surface area contributed by atoms with E-state index in [-0.39, 0.29) is 0 Å². The number of aryl methyl sites for hydroxylation is 1. The van der Waals surface area contributed by atoms with Crippen molar-refractivity contribution in [2.45, 2.75) is 45.7 Å². The molecule has 0 saturated carbocycles. The van der Waals surface area contributed by atoms with E-state index in [9.17, 15) is 0 Å². The van der Waals surface area contributed by atoms with Gasteiger partial charge in [-0.15, -0.1) is 11.3 Å². The van der Waals surface area contributed by atoms with Gasteiger partial charge in [-0.25, -0.2) is 4.98 Å². The van der Waals surface area contributed by atoms with Crippen LogP contribution in [0, 0.1) is 6.92 Å². The summed E-state index contributed by atoms with van der Waals surface area (Å²) in [5, 5.41) is 7.05. The van der Waals surface area contributed by atoms with Crippen LogP contribution < -0.4 is 5.32 Å². The summed E-state index contributed by atoms with van der Waals surface area (Å²) in [6.07, 6.45) is 2.61. The molecule has 1 saturated heterocycles. The Morgan fingerprint density at radius 3 is 3.12 bits per heavy atom. The number of nitrogens with zero attached hydrogens (tertiary/aromatic N) is 2. The van der Waals surface area contributed by atoms with E-state index in [0.717, 1.165) is 5.01 Å². The highest BCUT2D eigenvalue weighted by molar-refractivity contribution is 7.09. The summed E-state index contributed by atoms with van der Waals surface area (Å²) in [5.41, 5.74) is 1.20. The van der Waals surface area contributed by atoms with Gasteiger partial charge in [0.1, 0.15) is 0 Å². The minimum atomic E-state index is 0.377. The maximum absolute atomic E-state index is 4.56. The molecule has 3 nitrogen and oxygen atoms in total. The second-order valence-electron chi connectivity index (χ2n) is 4.91. The molecular formula is C13H23N3S. The van der Waals surface area contributed by atoms with Crippen LogP contribution in [0.4, 0.5) is 0 Å². The van der Waals surface area contributed by atoms with Crippen LogP contribution >= 0.6 is 11.3 Å². The lowest BCUT2D eigenvalue weighted by molar-refractivity contribution is 0.192. The fraction of sp³-hybridized carbons (Fsp3) is 0.769. The minimum Gasteiger partial charge on any atom is -0.305 e. The molecule has 1 aromatic heterocycles. The third-order valence-corrected chi connectivity index (χ3v) is 4.31. The molecule has 0 bridgehead atoms. The highest BCUT2D eigenvalue weighted by Gasteiger charge is 2.21. The Labute approximate surface area is 108 Å². The number of nitrogens with one attached hydrogen (secondary N) is 1. The fourth-order valence-electron chi connectivity index (χ4n) is 2.50. The van der Waals surface area contributed by atoms with E-state index < -0.39 is 0 Å². The number of hydrogen-bond donors (Lipinski definition) is 1. The first-order valence-electron chi connectivity index (χ1n) is 6.59. The first-order chi connectivity index (χ1) is 8.19. The molecule has 1 aromatic rings. The summed E-state index contributed by atoms with van der Waals surface area (Å²) in [6.45, 7) is 10.2. The maximum Gasteiger partial charge on any atom is 0.0898 e. The van der Waals surface area contributed by atoms with E-state index in [1.54, 1.807) is 11.3 Å². The Morgan fingerprint density at radius 2 is 2.47 bits per heavy atom. The molecule has 0 radical (unpaired) electrons. The summed E-state index contributed by atoms with van der Waals surface area (Å²) < 4.78 is 0. The third-order valence-electron chi connectivity index (χ3n) is 3.52. The second-order valence-corrected chi connectivity index (χ2v) is 5.97. The number of likely N-dealkylation sites (tertiary alicyclic amines) is 1. The predicted octanol–water partition coefficient (Wildman–Crippen LogP) is 2.59. The zero-order valence-corrected chi connectivity index (χ0v) is 11.9. The van der Waals surface area contributed by atoms with Gasteiger partial charge in [0, 0.05) is 24.0 Å². The normalized spacial score (nSPS) is 23.8. The Morgan fingerprint density at radius 1 is 1.65 bits per heavy atom. The van der Waals surface area contributed by atoms with Crippen molar-refractivity contribution < 1.29 is 0 Å². The van der Waals surface area contributed by atoms with Crippen molar-refractivity contribution in [3.8, 4) is 0 Å². The smallest absolute Gasteiger partial charge is 0.0898 e. The van der Waals surface area contributed by atoms with Gasteiger partial charge in [-0.1, -0.05) is 6.92 Å². The first kappa shape index (κ1) is 13.0. The van der Waals surface area contributed by atoms with Crippen molar-refractivity contribution in [1.29, 1.82) is 0 Å². The molecule has 1 aliphatic rings. The quantitative estimate of drug-likeness (QED) is 0.894. The maximum atomic E-state index is 4.56. The number of piperidine rings is 1. The van der Waals surface area contributed by atoms with Crippen LogP contribution in [0.1, 0.15) is 43.4 Å². The van der Waals surface area contributed by atoms with Gasteiger partial charge in [-0.05, 0) is 39.8 Å². The molecule has 1 aliphatic heterocycles. The van der Waals surface area contributed by atoms with Crippen LogP contribution in [0.3, 0.4) is 0 Å². The molecule has 1 N–H and O–H groups in total. The minimum absolute atomic E-state index is 0.377. The average molecular weight is 253 g/mol. The van der Waals surface area contributed by atoms with Gasteiger partial charge in [0.25, 0.3) is 0 Å². The molecule has 96 valence electrons. The lowest BCUT2D eigenvalue weighted by Gasteiger charge is -2.33. The standard InChI is InChI=1S/C13H23N3S/c1-4-16-7-5-6-12(8-16)14-10(2)13-9-17-11(3)15-13/h9-10,12,14H,4-8H2,1-3H3. The topological polar surface area (TPSA) is 28.2 Å². The molecule has 2 rings (SSSR count). The van der Waals surface area contributed by atoms with Gasteiger partial charge in [0.05, 0.1) is 10.7 Å². The highest BCUT2D eigenvalue weighted by atomic mass is 32.1. The van der Waals surface area contributed by atoms with Crippen molar-refractivity contribution in [1.82, 2.24) is 15.2 Å². The van der Waals surface area contributed by atoms with Crippen molar-refractivity contribution in [2.75, 3.05) is 19.6 Å². The average Bonchev–Trinajstić information content (AvgIpc) is 2.76. The van der Waals surface area contributed by atoms with E-state index >= 15 is 0 Å². The molecule has 0 amide bonds. The van der Waals surface area contributed by atoms with Crippen LogP contribution in [0.15, 0.2) is 5.38 Å². The number of thiazole rings is 1. The van der Waals surface area contributed by atoms with E-state index in [1.807, 2.05) is 0 Å². The number of aromatic nitrogens is 1. The number of rotatable bonds is 4. The SMILES string of the molecule is CCN1CCCC(NC(C)c2csc(C)n2)C1. The molecule has 0 spiro atoms. The zero-order chi connectivity index (χ0) is 12.3. The molecule has 2 atom stereocenters. The molecule has 17 heavy (non-hydrogen) atoms. The van der Waals surface area contributed by atoms with Crippen molar-refractivity contribution in [2.24, 2.45) is 0 Å². The third kappa shape index (κ3) is 3.50. The highest BCUT2D eigenvalue weighted by Crippen LogP contribution is 2.18. The van der Waals surface area contributed by atoms with Crippen LogP contribution in [-0.4, -0.2) is 35.6 Å². The summed E-state index contributed by atoms with van der Waals surface area (Å²) in [5.74, 6) is 0. The lowest BCUT2D eigenvalue weighted by Crippen LogP contribution is -2.46. The summed E-state index contributed by atoms with van der Waals surface area (Å²) in [7, 11) is 0. The molecule has 2 unspecified atom stereocenters. The molecule has 2 heterocycles. The largest absolute Gasteiger partial charge is 0.305 e. The monoisotopic (exact) mass is 253 g/mol. The first-order valence-corrected chi connectivity index (χ1v) is 7.47. The predicted molar refractivity (Wildman–Crippen MR) is 73.5 cm³/mol. The van der Waals surface area contributed by atoms with E-state index in [1.165, 1.54) is 38.2 Å². The van der Waals surface area contributed by atoms with Crippen LogP contribution in [0.5, 0.6) is 0 Å². The Hall–Kier alpha value is -0.450. The van der Waals surface area contributed by atoms with Crippen LogP contribution in [0.25, 0.3) is 0 Å². The zero-order valence-electron chi connectivity index (χ0n) is 11.1. The molecular weight excluding hydrogens is 230 g/mol. The van der Waals surface area contributed by atoms with Crippen molar-refractivity contribution in [3.05, 3.63) is 16.1 Å². The van der Waals surface area contributed by atoms with Gasteiger partial charge in [0.2, 0.25) is 0 Å². The second kappa shape index (κ2) is 5.94.